The standard InChI is InChI=1S/C13H16BrFO/c1-9-4-6-13(16,7-5-9)10-2-3-11(14)12(15)8-10/h2-3,8-9,16H,4-7H2,1H3. The molecule has 0 saturated heterocycles. The molecular formula is C13H16BrFO. The SMILES string of the molecule is CC1CCC(O)(c2ccc(Br)c(F)c2)CC1. The third kappa shape index (κ3) is 2.30. The normalized spacial score (nSPS) is 30.4. The maximum atomic E-state index is 13.4. The van der Waals surface area contributed by atoms with Gasteiger partial charge in [0.25, 0.3) is 0 Å². The van der Waals surface area contributed by atoms with Crippen LogP contribution in [0.15, 0.2) is 22.7 Å². The summed E-state index contributed by atoms with van der Waals surface area (Å²) in [5, 5.41) is 10.5. The second-order valence-electron chi connectivity index (χ2n) is 4.84. The van der Waals surface area contributed by atoms with Crippen LogP contribution in [0.25, 0.3) is 0 Å². The summed E-state index contributed by atoms with van der Waals surface area (Å²) in [5.41, 5.74) is -0.117. The minimum Gasteiger partial charge on any atom is -0.385 e. The Hall–Kier alpha value is -0.410. The average molecular weight is 287 g/mol. The van der Waals surface area contributed by atoms with E-state index < -0.39 is 5.60 Å². The summed E-state index contributed by atoms with van der Waals surface area (Å²) in [5.74, 6) is 0.366. The lowest BCUT2D eigenvalue weighted by Gasteiger charge is -2.35. The van der Waals surface area contributed by atoms with Crippen LogP contribution in [-0.2, 0) is 5.60 Å². The molecule has 1 fully saturated rings. The molecule has 0 aromatic heterocycles. The molecule has 0 aliphatic heterocycles. The second kappa shape index (κ2) is 4.46. The van der Waals surface area contributed by atoms with Gasteiger partial charge in [-0.1, -0.05) is 13.0 Å². The van der Waals surface area contributed by atoms with Crippen molar-refractivity contribution in [2.45, 2.75) is 38.2 Å². The highest BCUT2D eigenvalue weighted by Gasteiger charge is 2.33. The first-order chi connectivity index (χ1) is 7.51. The van der Waals surface area contributed by atoms with Crippen molar-refractivity contribution in [3.63, 3.8) is 0 Å². The van der Waals surface area contributed by atoms with Crippen molar-refractivity contribution in [3.8, 4) is 0 Å². The second-order valence-corrected chi connectivity index (χ2v) is 5.70. The summed E-state index contributed by atoms with van der Waals surface area (Å²) in [7, 11) is 0. The van der Waals surface area contributed by atoms with E-state index in [-0.39, 0.29) is 5.82 Å². The van der Waals surface area contributed by atoms with E-state index in [1.54, 1.807) is 6.07 Å². The molecule has 16 heavy (non-hydrogen) atoms. The maximum Gasteiger partial charge on any atom is 0.137 e. The fourth-order valence-corrected chi connectivity index (χ4v) is 2.56. The van der Waals surface area contributed by atoms with Crippen LogP contribution in [0.3, 0.4) is 0 Å². The van der Waals surface area contributed by atoms with Gasteiger partial charge < -0.3 is 5.11 Å². The Bertz CT molecular complexity index is 384. The van der Waals surface area contributed by atoms with Gasteiger partial charge >= 0.3 is 0 Å². The summed E-state index contributed by atoms with van der Waals surface area (Å²) < 4.78 is 13.9. The lowest BCUT2D eigenvalue weighted by molar-refractivity contribution is -0.0122. The quantitative estimate of drug-likeness (QED) is 0.828. The zero-order valence-corrected chi connectivity index (χ0v) is 10.9. The van der Waals surface area contributed by atoms with Crippen molar-refractivity contribution in [2.24, 2.45) is 5.92 Å². The molecule has 1 aliphatic rings. The molecule has 1 aliphatic carbocycles. The van der Waals surface area contributed by atoms with Crippen LogP contribution in [0, 0.1) is 11.7 Å². The number of hydrogen-bond donors (Lipinski definition) is 1. The van der Waals surface area contributed by atoms with E-state index >= 15 is 0 Å². The zero-order valence-electron chi connectivity index (χ0n) is 9.34. The zero-order chi connectivity index (χ0) is 11.8. The van der Waals surface area contributed by atoms with Gasteiger partial charge in [-0.25, -0.2) is 4.39 Å². The first-order valence-electron chi connectivity index (χ1n) is 5.69. The van der Waals surface area contributed by atoms with Crippen LogP contribution >= 0.6 is 15.9 Å². The van der Waals surface area contributed by atoms with Gasteiger partial charge in [0.05, 0.1) is 10.1 Å². The molecule has 0 radical (unpaired) electrons. The third-order valence-electron chi connectivity index (χ3n) is 3.56. The Balaban J connectivity index is 2.25. The molecule has 0 heterocycles. The van der Waals surface area contributed by atoms with Crippen LogP contribution in [-0.4, -0.2) is 5.11 Å². The van der Waals surface area contributed by atoms with E-state index in [0.29, 0.717) is 16.0 Å². The molecule has 88 valence electrons. The van der Waals surface area contributed by atoms with E-state index in [9.17, 15) is 9.50 Å². The molecule has 0 amide bonds. The van der Waals surface area contributed by atoms with E-state index in [1.807, 2.05) is 6.07 Å². The largest absolute Gasteiger partial charge is 0.385 e. The van der Waals surface area contributed by atoms with Crippen LogP contribution in [0.5, 0.6) is 0 Å². The van der Waals surface area contributed by atoms with Crippen molar-refractivity contribution in [1.29, 1.82) is 0 Å². The number of halogens is 2. The predicted molar refractivity (Wildman–Crippen MR) is 65.6 cm³/mol. The van der Waals surface area contributed by atoms with Gasteiger partial charge in [0, 0.05) is 0 Å². The van der Waals surface area contributed by atoms with Gasteiger partial charge in [-0.15, -0.1) is 0 Å². The van der Waals surface area contributed by atoms with Crippen LogP contribution in [0.1, 0.15) is 38.2 Å². The van der Waals surface area contributed by atoms with Crippen LogP contribution in [0.2, 0.25) is 0 Å². The first-order valence-corrected chi connectivity index (χ1v) is 6.48. The summed E-state index contributed by atoms with van der Waals surface area (Å²) >= 11 is 3.12. The van der Waals surface area contributed by atoms with Gasteiger partial charge in [0.15, 0.2) is 0 Å². The van der Waals surface area contributed by atoms with Gasteiger partial charge in [-0.05, 0) is 65.2 Å². The lowest BCUT2D eigenvalue weighted by Crippen LogP contribution is -2.30. The molecule has 1 N–H and O–H groups in total. The van der Waals surface area contributed by atoms with E-state index in [2.05, 4.69) is 22.9 Å². The predicted octanol–water partition coefficient (Wildman–Crippen LogP) is 3.99. The van der Waals surface area contributed by atoms with E-state index in [0.717, 1.165) is 25.7 Å². The molecule has 3 heteroatoms. The van der Waals surface area contributed by atoms with Crippen molar-refractivity contribution in [2.75, 3.05) is 0 Å². The number of benzene rings is 1. The van der Waals surface area contributed by atoms with Gasteiger partial charge in [0.1, 0.15) is 5.82 Å². The summed E-state index contributed by atoms with van der Waals surface area (Å²) in [4.78, 5) is 0. The highest BCUT2D eigenvalue weighted by atomic mass is 79.9. The minimum absolute atomic E-state index is 0.301. The summed E-state index contributed by atoms with van der Waals surface area (Å²) in [6.07, 6.45) is 3.48. The molecule has 1 aromatic rings. The Labute approximate surface area is 104 Å². The number of aliphatic hydroxyl groups is 1. The van der Waals surface area contributed by atoms with Crippen molar-refractivity contribution >= 4 is 15.9 Å². The molecule has 0 bridgehead atoms. The summed E-state index contributed by atoms with van der Waals surface area (Å²) in [6, 6.07) is 4.92. The van der Waals surface area contributed by atoms with Crippen LogP contribution in [0.4, 0.5) is 4.39 Å². The summed E-state index contributed by atoms with van der Waals surface area (Å²) in [6.45, 7) is 2.20. The molecular weight excluding hydrogens is 271 g/mol. The molecule has 1 nitrogen and oxygen atoms in total. The molecule has 1 saturated carbocycles. The Morgan fingerprint density at radius 3 is 2.56 bits per heavy atom. The first kappa shape index (κ1) is 12.1. The molecule has 0 atom stereocenters. The van der Waals surface area contributed by atoms with Crippen molar-refractivity contribution < 1.29 is 9.50 Å². The Kier molecular flexibility index (Phi) is 3.36. The molecule has 1 aromatic carbocycles. The smallest absolute Gasteiger partial charge is 0.137 e. The highest BCUT2D eigenvalue weighted by Crippen LogP contribution is 2.39. The van der Waals surface area contributed by atoms with Gasteiger partial charge in [-0.2, -0.15) is 0 Å². The Morgan fingerprint density at radius 1 is 1.38 bits per heavy atom. The van der Waals surface area contributed by atoms with Crippen LogP contribution < -0.4 is 0 Å². The Morgan fingerprint density at radius 2 is 2.00 bits per heavy atom. The maximum absolute atomic E-state index is 13.4. The fraction of sp³-hybridized carbons (Fsp3) is 0.538. The average Bonchev–Trinajstić information content (AvgIpc) is 2.26. The lowest BCUT2D eigenvalue weighted by atomic mass is 9.76. The molecule has 0 unspecified atom stereocenters. The highest BCUT2D eigenvalue weighted by molar-refractivity contribution is 9.10. The molecule has 0 spiro atoms. The minimum atomic E-state index is -0.825. The number of hydrogen-bond acceptors (Lipinski definition) is 1. The fourth-order valence-electron chi connectivity index (χ4n) is 2.31. The number of rotatable bonds is 1. The molecule has 2 rings (SSSR count). The topological polar surface area (TPSA) is 20.2 Å². The van der Waals surface area contributed by atoms with E-state index in [1.165, 1.54) is 6.07 Å². The van der Waals surface area contributed by atoms with E-state index in [4.69, 9.17) is 0 Å². The third-order valence-corrected chi connectivity index (χ3v) is 4.20. The van der Waals surface area contributed by atoms with Gasteiger partial charge in [-0.3, -0.25) is 0 Å². The van der Waals surface area contributed by atoms with Crippen molar-refractivity contribution in [1.82, 2.24) is 0 Å². The van der Waals surface area contributed by atoms with Gasteiger partial charge in [0.2, 0.25) is 0 Å². The monoisotopic (exact) mass is 286 g/mol. The van der Waals surface area contributed by atoms with Crippen molar-refractivity contribution in [3.05, 3.63) is 34.1 Å².